The third kappa shape index (κ3) is 4.00. The fourth-order valence-electron chi connectivity index (χ4n) is 2.92. The molecular formula is C19H17FN4O5S. The Morgan fingerprint density at radius 2 is 2.23 bits per heavy atom. The van der Waals surface area contributed by atoms with Crippen LogP contribution >= 0.6 is 0 Å². The number of rotatable bonds is 3. The SMILES string of the molecule is CC#C[C@H](O)[C@@H]1COc2c(cn(C)c2C(=O)Nc2ccc(F)c(C#N)c2)S(=O)(=O)N1. The number of aromatic nitrogens is 1. The van der Waals surface area contributed by atoms with Gasteiger partial charge in [-0.3, -0.25) is 4.79 Å². The van der Waals surface area contributed by atoms with E-state index in [1.807, 2.05) is 0 Å². The van der Waals surface area contributed by atoms with Crippen molar-refractivity contribution in [2.45, 2.75) is 24.0 Å². The molecule has 156 valence electrons. The first-order valence-electron chi connectivity index (χ1n) is 8.63. The number of hydrogen-bond acceptors (Lipinski definition) is 6. The number of sulfonamides is 1. The standard InChI is InChI=1S/C19H17FN4O5S/c1-3-4-15(25)14-10-29-18-16(30(27,28)23-14)9-24(2)17(18)19(26)22-12-5-6-13(20)11(7-12)8-21/h5-7,9,14-15,23,25H,10H2,1-2H3,(H,22,26)/t14-,15-/m0/s1. The van der Waals surface area contributed by atoms with Crippen LogP contribution in [-0.4, -0.2) is 42.8 Å². The fourth-order valence-corrected chi connectivity index (χ4v) is 4.34. The van der Waals surface area contributed by atoms with Crippen molar-refractivity contribution >= 4 is 21.6 Å². The Morgan fingerprint density at radius 1 is 1.50 bits per heavy atom. The first-order valence-corrected chi connectivity index (χ1v) is 10.1. The van der Waals surface area contributed by atoms with Crippen molar-refractivity contribution in [3.8, 4) is 23.7 Å². The van der Waals surface area contributed by atoms with Gasteiger partial charge in [-0.1, -0.05) is 5.92 Å². The smallest absolute Gasteiger partial charge is 0.276 e. The van der Waals surface area contributed by atoms with E-state index < -0.39 is 33.9 Å². The van der Waals surface area contributed by atoms with Crippen molar-refractivity contribution in [3.63, 3.8) is 0 Å². The molecule has 3 N–H and O–H groups in total. The minimum absolute atomic E-state index is 0.102. The van der Waals surface area contributed by atoms with Gasteiger partial charge in [0, 0.05) is 18.9 Å². The lowest BCUT2D eigenvalue weighted by Crippen LogP contribution is -2.45. The van der Waals surface area contributed by atoms with Crippen LogP contribution in [0.5, 0.6) is 5.75 Å². The molecule has 0 spiro atoms. The molecule has 2 aromatic rings. The number of fused-ring (bicyclic) bond motifs is 1. The molecule has 1 aliphatic heterocycles. The lowest BCUT2D eigenvalue weighted by atomic mass is 10.2. The summed E-state index contributed by atoms with van der Waals surface area (Å²) in [6.45, 7) is 1.24. The number of amides is 1. The number of ether oxygens (including phenoxy) is 1. The van der Waals surface area contributed by atoms with E-state index in [0.717, 1.165) is 12.1 Å². The maximum absolute atomic E-state index is 13.5. The Bertz CT molecular complexity index is 1220. The maximum Gasteiger partial charge on any atom is 0.276 e. The van der Waals surface area contributed by atoms with Crippen molar-refractivity contribution in [1.82, 2.24) is 9.29 Å². The van der Waals surface area contributed by atoms with Crippen molar-refractivity contribution in [1.29, 1.82) is 5.26 Å². The summed E-state index contributed by atoms with van der Waals surface area (Å²) in [6.07, 6.45) is -0.0958. The highest BCUT2D eigenvalue weighted by Gasteiger charge is 2.36. The second kappa shape index (κ2) is 8.16. The lowest BCUT2D eigenvalue weighted by molar-refractivity contribution is 0.101. The maximum atomic E-state index is 13.5. The third-order valence-electron chi connectivity index (χ3n) is 4.34. The number of hydrogen-bond donors (Lipinski definition) is 3. The van der Waals surface area contributed by atoms with E-state index in [1.54, 1.807) is 6.07 Å². The van der Waals surface area contributed by atoms with E-state index in [-0.39, 0.29) is 34.2 Å². The van der Waals surface area contributed by atoms with Gasteiger partial charge in [0.15, 0.2) is 11.4 Å². The number of carbonyl (C=O) groups is 1. The zero-order valence-corrected chi connectivity index (χ0v) is 16.7. The number of carbonyl (C=O) groups excluding carboxylic acids is 1. The molecule has 1 aliphatic rings. The fraction of sp³-hybridized carbons (Fsp3) is 0.263. The van der Waals surface area contributed by atoms with Crippen LogP contribution in [-0.2, 0) is 17.1 Å². The van der Waals surface area contributed by atoms with E-state index in [9.17, 15) is 22.7 Å². The molecule has 0 aliphatic carbocycles. The van der Waals surface area contributed by atoms with Crippen LogP contribution in [0.25, 0.3) is 0 Å². The predicted molar refractivity (Wildman–Crippen MR) is 104 cm³/mol. The number of halogens is 1. The summed E-state index contributed by atoms with van der Waals surface area (Å²) in [6, 6.07) is 4.09. The van der Waals surface area contributed by atoms with E-state index >= 15 is 0 Å². The summed E-state index contributed by atoms with van der Waals surface area (Å²) in [4.78, 5) is 12.5. The first kappa shape index (κ1) is 21.3. The van der Waals surface area contributed by atoms with Crippen LogP contribution in [0.15, 0.2) is 29.3 Å². The average Bonchev–Trinajstić information content (AvgIpc) is 2.97. The van der Waals surface area contributed by atoms with E-state index in [1.165, 1.54) is 30.8 Å². The number of nitrogens with one attached hydrogen (secondary N) is 2. The molecule has 9 nitrogen and oxygen atoms in total. The first-order chi connectivity index (χ1) is 14.2. The number of aryl methyl sites for hydroxylation is 1. The van der Waals surface area contributed by atoms with Gasteiger partial charge in [-0.15, -0.1) is 5.92 Å². The van der Waals surface area contributed by atoms with Gasteiger partial charge >= 0.3 is 0 Å². The Labute approximate surface area is 172 Å². The molecule has 0 saturated carbocycles. The zero-order chi connectivity index (χ0) is 22.1. The third-order valence-corrected chi connectivity index (χ3v) is 5.82. The number of benzene rings is 1. The van der Waals surface area contributed by atoms with Crippen molar-refractivity contribution in [2.75, 3.05) is 11.9 Å². The minimum atomic E-state index is -4.11. The summed E-state index contributed by atoms with van der Waals surface area (Å²) in [5.74, 6) is 3.30. The molecule has 0 unspecified atom stereocenters. The Balaban J connectivity index is 1.96. The lowest BCUT2D eigenvalue weighted by Gasteiger charge is -2.17. The molecule has 1 aromatic heterocycles. The van der Waals surface area contributed by atoms with Crippen LogP contribution in [0.4, 0.5) is 10.1 Å². The van der Waals surface area contributed by atoms with Crippen LogP contribution in [0.3, 0.4) is 0 Å². The van der Waals surface area contributed by atoms with Crippen LogP contribution in [0.1, 0.15) is 23.0 Å². The second-order valence-corrected chi connectivity index (χ2v) is 8.10. The largest absolute Gasteiger partial charge is 0.488 e. The van der Waals surface area contributed by atoms with Gasteiger partial charge in [0.1, 0.15) is 29.5 Å². The average molecular weight is 432 g/mol. The highest BCUT2D eigenvalue weighted by Crippen LogP contribution is 2.33. The highest BCUT2D eigenvalue weighted by atomic mass is 32.2. The van der Waals surface area contributed by atoms with Crippen molar-refractivity contribution < 1.29 is 27.4 Å². The quantitative estimate of drug-likeness (QED) is 0.612. The molecule has 1 amide bonds. The molecule has 30 heavy (non-hydrogen) atoms. The van der Waals surface area contributed by atoms with Gasteiger partial charge in [0.2, 0.25) is 10.0 Å². The van der Waals surface area contributed by atoms with Gasteiger partial charge in [-0.25, -0.2) is 17.5 Å². The molecule has 2 atom stereocenters. The molecule has 0 radical (unpaired) electrons. The number of anilines is 1. The minimum Gasteiger partial charge on any atom is -0.488 e. The van der Waals surface area contributed by atoms with E-state index in [0.29, 0.717) is 0 Å². The molecule has 11 heteroatoms. The van der Waals surface area contributed by atoms with E-state index in [4.69, 9.17) is 10.00 Å². The van der Waals surface area contributed by atoms with Gasteiger partial charge in [-0.05, 0) is 25.1 Å². The summed E-state index contributed by atoms with van der Waals surface area (Å²) in [5.41, 5.74) is -0.209. The number of aliphatic hydroxyl groups excluding tert-OH is 1. The van der Waals surface area contributed by atoms with Gasteiger partial charge in [-0.2, -0.15) is 5.26 Å². The zero-order valence-electron chi connectivity index (χ0n) is 15.9. The van der Waals surface area contributed by atoms with Crippen molar-refractivity contribution in [3.05, 3.63) is 41.5 Å². The van der Waals surface area contributed by atoms with Crippen LogP contribution in [0.2, 0.25) is 0 Å². The Hall–Kier alpha value is -3.38. The second-order valence-electron chi connectivity index (χ2n) is 6.42. The van der Waals surface area contributed by atoms with Gasteiger partial charge < -0.3 is 19.7 Å². The van der Waals surface area contributed by atoms with Gasteiger partial charge in [0.25, 0.3) is 5.91 Å². The Morgan fingerprint density at radius 3 is 2.90 bits per heavy atom. The summed E-state index contributed by atoms with van der Waals surface area (Å²) in [5, 5.41) is 21.4. The number of nitriles is 1. The number of aliphatic hydroxyl groups is 1. The van der Waals surface area contributed by atoms with E-state index in [2.05, 4.69) is 21.9 Å². The molecule has 1 aromatic carbocycles. The Kier molecular flexibility index (Phi) is 5.80. The molecule has 0 saturated heterocycles. The topological polar surface area (TPSA) is 133 Å². The summed E-state index contributed by atoms with van der Waals surface area (Å²) in [7, 11) is -2.65. The van der Waals surface area contributed by atoms with Crippen molar-refractivity contribution in [2.24, 2.45) is 7.05 Å². The van der Waals surface area contributed by atoms with Gasteiger partial charge in [0.05, 0.1) is 11.6 Å². The highest BCUT2D eigenvalue weighted by molar-refractivity contribution is 7.89. The molecule has 2 heterocycles. The van der Waals surface area contributed by atoms with Crippen LogP contribution in [0, 0.1) is 29.0 Å². The molecule has 0 fully saturated rings. The predicted octanol–water partition coefficient (Wildman–Crippen LogP) is 0.712. The normalized spacial score (nSPS) is 17.9. The summed E-state index contributed by atoms with van der Waals surface area (Å²) < 4.78 is 48.1. The molecule has 0 bridgehead atoms. The number of nitrogens with zero attached hydrogens (tertiary/aromatic N) is 2. The van der Waals surface area contributed by atoms with Crippen LogP contribution < -0.4 is 14.8 Å². The molecular weight excluding hydrogens is 415 g/mol. The summed E-state index contributed by atoms with van der Waals surface area (Å²) >= 11 is 0. The monoisotopic (exact) mass is 432 g/mol. The molecule has 3 rings (SSSR count).